The molecule has 1 heterocycles. The quantitative estimate of drug-likeness (QED) is 0.735. The van der Waals surface area contributed by atoms with Crippen LogP contribution in [0.5, 0.6) is 0 Å². The van der Waals surface area contributed by atoms with Crippen molar-refractivity contribution in [2.45, 2.75) is 43.9 Å². The Morgan fingerprint density at radius 1 is 1.47 bits per heavy atom. The molecular formula is C11H20N2O2. The molecule has 4 heteroatoms. The van der Waals surface area contributed by atoms with Crippen molar-refractivity contribution in [3.63, 3.8) is 0 Å². The summed E-state index contributed by atoms with van der Waals surface area (Å²) in [4.78, 5) is 14.0. The van der Waals surface area contributed by atoms with Gasteiger partial charge in [-0.1, -0.05) is 0 Å². The summed E-state index contributed by atoms with van der Waals surface area (Å²) < 4.78 is 5.24. The van der Waals surface area contributed by atoms with Crippen molar-refractivity contribution >= 4 is 5.91 Å². The van der Waals surface area contributed by atoms with Crippen molar-refractivity contribution in [3.8, 4) is 0 Å². The highest BCUT2D eigenvalue weighted by Crippen LogP contribution is 2.25. The molecule has 0 aromatic heterocycles. The number of rotatable bonds is 3. The molecule has 0 spiro atoms. The fourth-order valence-corrected chi connectivity index (χ4v) is 2.27. The number of carbonyl (C=O) groups is 1. The van der Waals surface area contributed by atoms with Gasteiger partial charge in [-0.3, -0.25) is 4.79 Å². The Morgan fingerprint density at radius 3 is 2.67 bits per heavy atom. The zero-order valence-corrected chi connectivity index (χ0v) is 9.53. The van der Waals surface area contributed by atoms with Crippen molar-refractivity contribution in [3.05, 3.63) is 0 Å². The van der Waals surface area contributed by atoms with Crippen LogP contribution in [0, 0.1) is 0 Å². The van der Waals surface area contributed by atoms with Crippen LogP contribution >= 0.6 is 0 Å². The predicted octanol–water partition coefficient (Wildman–Crippen LogP) is 0.374. The molecule has 1 N–H and O–H groups in total. The zero-order valence-electron chi connectivity index (χ0n) is 9.53. The first-order valence-corrected chi connectivity index (χ1v) is 5.75. The van der Waals surface area contributed by atoms with E-state index in [9.17, 15) is 4.79 Å². The number of likely N-dealkylation sites (N-methyl/N-ethyl adjacent to an activating group) is 1. The summed E-state index contributed by atoms with van der Waals surface area (Å²) in [5.74, 6) is 0.235. The summed E-state index contributed by atoms with van der Waals surface area (Å²) >= 11 is 0. The third-order valence-corrected chi connectivity index (χ3v) is 3.69. The fraction of sp³-hybridized carbons (Fsp3) is 0.909. The Morgan fingerprint density at radius 2 is 2.20 bits per heavy atom. The molecule has 2 unspecified atom stereocenters. The predicted molar refractivity (Wildman–Crippen MR) is 57.6 cm³/mol. The van der Waals surface area contributed by atoms with Crippen LogP contribution in [0.1, 0.15) is 25.7 Å². The molecule has 0 radical (unpaired) electrons. The number of nitrogens with zero attached hydrogens (tertiary/aromatic N) is 1. The van der Waals surface area contributed by atoms with Crippen LogP contribution in [0.15, 0.2) is 0 Å². The molecule has 2 atom stereocenters. The third kappa shape index (κ3) is 2.16. The lowest BCUT2D eigenvalue weighted by molar-refractivity contribution is -0.135. The minimum atomic E-state index is -0.0273. The Balaban J connectivity index is 1.85. The number of methoxy groups -OCH3 is 1. The average molecular weight is 212 g/mol. The number of hydrogen-bond donors (Lipinski definition) is 1. The standard InChI is InChI=1S/C11H20N2O2/c1-13(8-4-3-5-8)11(14)10-6-9(15-2)7-12-10/h8-10,12H,3-7H2,1-2H3. The lowest BCUT2D eigenvalue weighted by atomic mass is 9.91. The highest BCUT2D eigenvalue weighted by atomic mass is 16.5. The third-order valence-electron chi connectivity index (χ3n) is 3.69. The van der Waals surface area contributed by atoms with Crippen LogP contribution in [0.3, 0.4) is 0 Å². The number of ether oxygens (including phenoxy) is 1. The number of carbonyl (C=O) groups excluding carboxylic acids is 1. The van der Waals surface area contributed by atoms with Crippen LogP contribution in [-0.2, 0) is 9.53 Å². The molecule has 15 heavy (non-hydrogen) atoms. The largest absolute Gasteiger partial charge is 0.380 e. The van der Waals surface area contributed by atoms with Gasteiger partial charge in [0.1, 0.15) is 0 Å². The second kappa shape index (κ2) is 4.49. The normalized spacial score (nSPS) is 31.3. The van der Waals surface area contributed by atoms with E-state index in [1.54, 1.807) is 7.11 Å². The Hall–Kier alpha value is -0.610. The molecule has 0 bridgehead atoms. The minimum Gasteiger partial charge on any atom is -0.380 e. The lowest BCUT2D eigenvalue weighted by Gasteiger charge is -2.36. The van der Waals surface area contributed by atoms with E-state index in [1.807, 2.05) is 11.9 Å². The maximum absolute atomic E-state index is 12.0. The van der Waals surface area contributed by atoms with Crippen LogP contribution in [0.2, 0.25) is 0 Å². The summed E-state index contributed by atoms with van der Waals surface area (Å²) in [5.41, 5.74) is 0. The minimum absolute atomic E-state index is 0.0273. The van der Waals surface area contributed by atoms with Gasteiger partial charge in [0.25, 0.3) is 0 Å². The Labute approximate surface area is 91.0 Å². The second-order valence-electron chi connectivity index (χ2n) is 4.59. The van der Waals surface area contributed by atoms with Crippen LogP contribution < -0.4 is 5.32 Å². The summed E-state index contributed by atoms with van der Waals surface area (Å²) in [5, 5.41) is 3.23. The van der Waals surface area contributed by atoms with Gasteiger partial charge in [-0.2, -0.15) is 0 Å². The smallest absolute Gasteiger partial charge is 0.239 e. The van der Waals surface area contributed by atoms with Crippen LogP contribution in [0.25, 0.3) is 0 Å². The van der Waals surface area contributed by atoms with Crippen LogP contribution in [-0.4, -0.2) is 49.7 Å². The van der Waals surface area contributed by atoms with Gasteiger partial charge in [-0.25, -0.2) is 0 Å². The molecule has 1 aliphatic heterocycles. The van der Waals surface area contributed by atoms with E-state index < -0.39 is 0 Å². The summed E-state index contributed by atoms with van der Waals surface area (Å²) in [6, 6.07) is 0.460. The average Bonchev–Trinajstić information content (AvgIpc) is 2.61. The molecule has 2 fully saturated rings. The summed E-state index contributed by atoms with van der Waals surface area (Å²) in [6.45, 7) is 0.797. The molecular weight excluding hydrogens is 192 g/mol. The molecule has 1 saturated heterocycles. The summed E-state index contributed by atoms with van der Waals surface area (Å²) in [7, 11) is 3.63. The maximum Gasteiger partial charge on any atom is 0.239 e. The SMILES string of the molecule is COC1CNC(C(=O)N(C)C2CCC2)C1. The molecule has 1 aliphatic carbocycles. The first-order valence-electron chi connectivity index (χ1n) is 5.75. The second-order valence-corrected chi connectivity index (χ2v) is 4.59. The van der Waals surface area contributed by atoms with E-state index in [0.717, 1.165) is 13.0 Å². The van der Waals surface area contributed by atoms with Crippen molar-refractivity contribution in [2.24, 2.45) is 0 Å². The highest BCUT2D eigenvalue weighted by molar-refractivity contribution is 5.82. The zero-order chi connectivity index (χ0) is 10.8. The molecule has 0 aromatic rings. The first-order chi connectivity index (χ1) is 7.22. The van der Waals surface area contributed by atoms with Gasteiger partial charge in [0.2, 0.25) is 5.91 Å². The number of nitrogens with one attached hydrogen (secondary N) is 1. The van der Waals surface area contributed by atoms with Gasteiger partial charge in [-0.05, 0) is 25.7 Å². The molecule has 86 valence electrons. The van der Waals surface area contributed by atoms with Gasteiger partial charge >= 0.3 is 0 Å². The Bertz CT molecular complexity index is 241. The van der Waals surface area contributed by atoms with Gasteiger partial charge < -0.3 is 15.0 Å². The molecule has 1 saturated carbocycles. The van der Waals surface area contributed by atoms with Crippen LogP contribution in [0.4, 0.5) is 0 Å². The number of hydrogen-bond acceptors (Lipinski definition) is 3. The van der Waals surface area contributed by atoms with E-state index in [2.05, 4.69) is 5.32 Å². The fourth-order valence-electron chi connectivity index (χ4n) is 2.27. The maximum atomic E-state index is 12.0. The Kier molecular flexibility index (Phi) is 3.26. The first kappa shape index (κ1) is 10.9. The molecule has 4 nitrogen and oxygen atoms in total. The molecule has 2 aliphatic rings. The van der Waals surface area contributed by atoms with Crippen molar-refractivity contribution < 1.29 is 9.53 Å². The van der Waals surface area contributed by atoms with Gasteiger partial charge in [0.05, 0.1) is 12.1 Å². The molecule has 2 rings (SSSR count). The monoisotopic (exact) mass is 212 g/mol. The topological polar surface area (TPSA) is 41.6 Å². The van der Waals surface area contributed by atoms with Crippen molar-refractivity contribution in [1.82, 2.24) is 10.2 Å². The van der Waals surface area contributed by atoms with Gasteiger partial charge in [0, 0.05) is 26.7 Å². The van der Waals surface area contributed by atoms with E-state index in [4.69, 9.17) is 4.74 Å². The summed E-state index contributed by atoms with van der Waals surface area (Å²) in [6.07, 6.45) is 4.62. The number of amides is 1. The van der Waals surface area contributed by atoms with Gasteiger partial charge in [-0.15, -0.1) is 0 Å². The van der Waals surface area contributed by atoms with E-state index in [-0.39, 0.29) is 18.1 Å². The van der Waals surface area contributed by atoms with Crippen molar-refractivity contribution in [2.75, 3.05) is 20.7 Å². The van der Waals surface area contributed by atoms with E-state index >= 15 is 0 Å². The molecule has 1 amide bonds. The van der Waals surface area contributed by atoms with Crippen molar-refractivity contribution in [1.29, 1.82) is 0 Å². The molecule has 0 aromatic carbocycles. The van der Waals surface area contributed by atoms with Gasteiger partial charge in [0.15, 0.2) is 0 Å². The van der Waals surface area contributed by atoms with E-state index in [1.165, 1.54) is 19.3 Å². The highest BCUT2D eigenvalue weighted by Gasteiger charge is 2.34. The lowest BCUT2D eigenvalue weighted by Crippen LogP contribution is -2.48. The van der Waals surface area contributed by atoms with E-state index in [0.29, 0.717) is 6.04 Å².